The van der Waals surface area contributed by atoms with Gasteiger partial charge in [-0.3, -0.25) is 0 Å². The predicted octanol–water partition coefficient (Wildman–Crippen LogP) is 2.39. The molecule has 0 aromatic rings. The van der Waals surface area contributed by atoms with Gasteiger partial charge in [-0.25, -0.2) is 4.79 Å². The van der Waals surface area contributed by atoms with Crippen LogP contribution in [0.3, 0.4) is 0 Å². The highest BCUT2D eigenvalue weighted by atomic mass is 16.6. The Morgan fingerprint density at radius 1 is 1.28 bits per heavy atom. The lowest BCUT2D eigenvalue weighted by Gasteiger charge is -2.32. The third-order valence-electron chi connectivity index (χ3n) is 3.80. The number of amides is 1. The average molecular weight is 254 g/mol. The number of nitrogens with one attached hydrogen (secondary N) is 1. The lowest BCUT2D eigenvalue weighted by molar-refractivity contribution is 0.0230. The number of hydrogen-bond acceptors (Lipinski definition) is 3. The molecule has 0 bridgehead atoms. The fourth-order valence-corrected chi connectivity index (χ4v) is 2.95. The van der Waals surface area contributed by atoms with Gasteiger partial charge in [0.15, 0.2) is 0 Å². The van der Waals surface area contributed by atoms with Gasteiger partial charge < -0.3 is 15.0 Å². The fraction of sp³-hybridized carbons (Fsp3) is 0.929. The van der Waals surface area contributed by atoms with Gasteiger partial charge >= 0.3 is 6.09 Å². The molecule has 4 nitrogen and oxygen atoms in total. The van der Waals surface area contributed by atoms with Gasteiger partial charge in [-0.05, 0) is 39.5 Å². The minimum Gasteiger partial charge on any atom is -0.444 e. The molecule has 0 aromatic carbocycles. The third kappa shape index (κ3) is 3.61. The molecule has 2 rings (SSSR count). The van der Waals surface area contributed by atoms with E-state index in [4.69, 9.17) is 4.74 Å². The van der Waals surface area contributed by atoms with E-state index in [0.717, 1.165) is 19.6 Å². The first-order valence-corrected chi connectivity index (χ1v) is 7.17. The number of ether oxygens (including phenoxy) is 1. The first-order valence-electron chi connectivity index (χ1n) is 7.17. The zero-order valence-corrected chi connectivity index (χ0v) is 11.9. The van der Waals surface area contributed by atoms with Gasteiger partial charge in [0.1, 0.15) is 5.60 Å². The van der Waals surface area contributed by atoms with Crippen LogP contribution >= 0.6 is 0 Å². The SMILES string of the molecule is CC(C)(C)OC(=O)N1CCN[C@H]2CCCC[C@H]2C1. The molecule has 18 heavy (non-hydrogen) atoms. The van der Waals surface area contributed by atoms with Crippen LogP contribution in [0, 0.1) is 5.92 Å². The molecule has 0 aromatic heterocycles. The summed E-state index contributed by atoms with van der Waals surface area (Å²) in [6.45, 7) is 8.27. The van der Waals surface area contributed by atoms with Crippen LogP contribution in [0.15, 0.2) is 0 Å². The number of carbonyl (C=O) groups excluding carboxylic acids is 1. The first kappa shape index (κ1) is 13.7. The maximum absolute atomic E-state index is 12.1. The number of fused-ring (bicyclic) bond motifs is 1. The topological polar surface area (TPSA) is 41.6 Å². The Kier molecular flexibility index (Phi) is 4.15. The largest absolute Gasteiger partial charge is 0.444 e. The van der Waals surface area contributed by atoms with Crippen LogP contribution in [0.5, 0.6) is 0 Å². The summed E-state index contributed by atoms with van der Waals surface area (Å²) in [6.07, 6.45) is 4.95. The van der Waals surface area contributed by atoms with Crippen molar-refractivity contribution in [2.75, 3.05) is 19.6 Å². The Bertz CT molecular complexity index is 299. The van der Waals surface area contributed by atoms with Gasteiger partial charge in [-0.2, -0.15) is 0 Å². The summed E-state index contributed by atoms with van der Waals surface area (Å²) >= 11 is 0. The maximum Gasteiger partial charge on any atom is 0.410 e. The Hall–Kier alpha value is -0.770. The Morgan fingerprint density at radius 2 is 2.00 bits per heavy atom. The Labute approximate surface area is 110 Å². The van der Waals surface area contributed by atoms with Crippen LogP contribution < -0.4 is 5.32 Å². The van der Waals surface area contributed by atoms with E-state index < -0.39 is 5.60 Å². The van der Waals surface area contributed by atoms with Crippen molar-refractivity contribution >= 4 is 6.09 Å². The van der Waals surface area contributed by atoms with Gasteiger partial charge in [0.2, 0.25) is 0 Å². The smallest absolute Gasteiger partial charge is 0.410 e. The van der Waals surface area contributed by atoms with Gasteiger partial charge in [-0.15, -0.1) is 0 Å². The summed E-state index contributed by atoms with van der Waals surface area (Å²) in [5, 5.41) is 3.58. The molecule has 1 N–H and O–H groups in total. The summed E-state index contributed by atoms with van der Waals surface area (Å²) in [7, 11) is 0. The van der Waals surface area contributed by atoms with Crippen molar-refractivity contribution in [2.24, 2.45) is 5.92 Å². The van der Waals surface area contributed by atoms with Gasteiger partial charge in [-0.1, -0.05) is 12.8 Å². The van der Waals surface area contributed by atoms with Crippen molar-refractivity contribution in [3.63, 3.8) is 0 Å². The molecule has 104 valence electrons. The van der Waals surface area contributed by atoms with E-state index in [9.17, 15) is 4.79 Å². The number of rotatable bonds is 0. The lowest BCUT2D eigenvalue weighted by atomic mass is 9.84. The van der Waals surface area contributed by atoms with Gasteiger partial charge in [0.25, 0.3) is 0 Å². The molecule has 2 aliphatic rings. The standard InChI is InChI=1S/C14H26N2O2/c1-14(2,3)18-13(17)16-9-8-15-12-7-5-4-6-11(12)10-16/h11-12,15H,4-10H2,1-3H3/t11-,12-/m0/s1. The molecule has 1 heterocycles. The summed E-state index contributed by atoms with van der Waals surface area (Å²) in [6, 6.07) is 0.603. The zero-order valence-electron chi connectivity index (χ0n) is 11.9. The summed E-state index contributed by atoms with van der Waals surface area (Å²) in [4.78, 5) is 14.0. The number of carbonyl (C=O) groups is 1. The summed E-state index contributed by atoms with van der Waals surface area (Å²) in [5.74, 6) is 0.605. The van der Waals surface area contributed by atoms with E-state index in [-0.39, 0.29) is 6.09 Å². The van der Waals surface area contributed by atoms with Crippen LogP contribution in [0.4, 0.5) is 4.79 Å². The first-order chi connectivity index (χ1) is 8.46. The molecule has 1 saturated carbocycles. The monoisotopic (exact) mass is 254 g/mol. The molecule has 4 heteroatoms. The van der Waals surface area contributed by atoms with Crippen LogP contribution in [0.2, 0.25) is 0 Å². The summed E-state index contributed by atoms with van der Waals surface area (Å²) in [5.41, 5.74) is -0.400. The number of nitrogens with zero attached hydrogens (tertiary/aromatic N) is 1. The highest BCUT2D eigenvalue weighted by molar-refractivity contribution is 5.68. The molecule has 1 saturated heterocycles. The highest BCUT2D eigenvalue weighted by Gasteiger charge is 2.32. The van der Waals surface area contributed by atoms with Crippen LogP contribution in [-0.2, 0) is 4.74 Å². The predicted molar refractivity (Wildman–Crippen MR) is 71.6 cm³/mol. The summed E-state index contributed by atoms with van der Waals surface area (Å²) < 4.78 is 5.47. The van der Waals surface area contributed by atoms with Gasteiger partial charge in [0.05, 0.1) is 0 Å². The Balaban J connectivity index is 1.95. The van der Waals surface area contributed by atoms with Crippen molar-refractivity contribution in [3.8, 4) is 0 Å². The quantitative estimate of drug-likeness (QED) is 0.721. The van der Waals surface area contributed by atoms with E-state index in [1.54, 1.807) is 0 Å². The second-order valence-electron chi connectivity index (χ2n) is 6.53. The van der Waals surface area contributed by atoms with Gasteiger partial charge in [0, 0.05) is 25.7 Å². The van der Waals surface area contributed by atoms with E-state index >= 15 is 0 Å². The molecule has 2 fully saturated rings. The maximum atomic E-state index is 12.1. The minimum atomic E-state index is -0.400. The van der Waals surface area contributed by atoms with Crippen molar-refractivity contribution < 1.29 is 9.53 Å². The molecule has 1 aliphatic carbocycles. The van der Waals surface area contributed by atoms with Crippen LogP contribution in [0.1, 0.15) is 46.5 Å². The lowest BCUT2D eigenvalue weighted by Crippen LogP contribution is -2.41. The molecule has 2 atom stereocenters. The molecule has 0 unspecified atom stereocenters. The normalized spacial score (nSPS) is 29.4. The van der Waals surface area contributed by atoms with E-state index in [2.05, 4.69) is 5.32 Å². The zero-order chi connectivity index (χ0) is 13.2. The molecule has 1 amide bonds. The average Bonchev–Trinajstić information content (AvgIpc) is 2.48. The minimum absolute atomic E-state index is 0.157. The molecule has 1 aliphatic heterocycles. The second-order valence-corrected chi connectivity index (χ2v) is 6.53. The van der Waals surface area contributed by atoms with Crippen molar-refractivity contribution in [3.05, 3.63) is 0 Å². The molecule has 0 radical (unpaired) electrons. The van der Waals surface area contributed by atoms with E-state index in [1.807, 2.05) is 25.7 Å². The fourth-order valence-electron chi connectivity index (χ4n) is 2.95. The van der Waals surface area contributed by atoms with Crippen molar-refractivity contribution in [1.29, 1.82) is 0 Å². The molecular weight excluding hydrogens is 228 g/mol. The third-order valence-corrected chi connectivity index (χ3v) is 3.80. The van der Waals surface area contributed by atoms with Crippen LogP contribution in [-0.4, -0.2) is 42.3 Å². The van der Waals surface area contributed by atoms with Crippen LogP contribution in [0.25, 0.3) is 0 Å². The highest BCUT2D eigenvalue weighted by Crippen LogP contribution is 2.27. The van der Waals surface area contributed by atoms with E-state index in [1.165, 1.54) is 25.7 Å². The van der Waals surface area contributed by atoms with E-state index in [0.29, 0.717) is 12.0 Å². The van der Waals surface area contributed by atoms with Crippen molar-refractivity contribution in [2.45, 2.75) is 58.1 Å². The number of hydrogen-bond donors (Lipinski definition) is 1. The molecular formula is C14H26N2O2. The van der Waals surface area contributed by atoms with Crippen molar-refractivity contribution in [1.82, 2.24) is 10.2 Å². The Morgan fingerprint density at radius 3 is 2.72 bits per heavy atom. The second kappa shape index (κ2) is 5.47. The molecule has 0 spiro atoms.